The summed E-state index contributed by atoms with van der Waals surface area (Å²) < 4.78 is 5.47. The van der Waals surface area contributed by atoms with E-state index < -0.39 is 0 Å². The average molecular weight is 348 g/mol. The van der Waals surface area contributed by atoms with E-state index in [0.717, 1.165) is 18.7 Å². The fourth-order valence-electron chi connectivity index (χ4n) is 4.39. The molecule has 1 unspecified atom stereocenters. The summed E-state index contributed by atoms with van der Waals surface area (Å²) in [6, 6.07) is 11.3. The number of methoxy groups -OCH3 is 1. The average Bonchev–Trinajstić information content (AvgIpc) is 3.00. The van der Waals surface area contributed by atoms with E-state index >= 15 is 0 Å². The van der Waals surface area contributed by atoms with Crippen LogP contribution in [0.2, 0.25) is 0 Å². The van der Waals surface area contributed by atoms with Gasteiger partial charge in [0.1, 0.15) is 5.75 Å². The van der Waals surface area contributed by atoms with Crippen LogP contribution in [0.3, 0.4) is 0 Å². The van der Waals surface area contributed by atoms with Crippen molar-refractivity contribution in [3.63, 3.8) is 0 Å². The van der Waals surface area contributed by atoms with Gasteiger partial charge in [-0.15, -0.1) is 0 Å². The van der Waals surface area contributed by atoms with Crippen molar-refractivity contribution in [2.75, 3.05) is 13.7 Å². The second kappa shape index (κ2) is 6.48. The molecule has 1 aliphatic rings. The molecule has 3 aromatic rings. The number of ether oxygens (including phenoxy) is 1. The van der Waals surface area contributed by atoms with Crippen molar-refractivity contribution in [2.45, 2.75) is 46.1 Å². The van der Waals surface area contributed by atoms with Crippen LogP contribution in [0, 0.1) is 13.8 Å². The number of fused-ring (bicyclic) bond motifs is 3. The van der Waals surface area contributed by atoms with Crippen LogP contribution >= 0.6 is 0 Å². The van der Waals surface area contributed by atoms with Gasteiger partial charge in [0.05, 0.1) is 13.2 Å². The Balaban J connectivity index is 1.91. The third-order valence-corrected chi connectivity index (χ3v) is 5.63. The Kier molecular flexibility index (Phi) is 4.28. The molecule has 2 aromatic carbocycles. The Hall–Kier alpha value is -2.26. The molecule has 1 aliphatic heterocycles. The normalized spacial score (nSPS) is 16.9. The molecule has 0 radical (unpaired) electrons. The van der Waals surface area contributed by atoms with E-state index in [4.69, 9.17) is 4.74 Å². The zero-order valence-electron chi connectivity index (χ0n) is 16.4. The number of aromatic amines is 1. The second-order valence-electron chi connectivity index (χ2n) is 7.81. The van der Waals surface area contributed by atoms with Crippen LogP contribution in [0.1, 0.15) is 59.3 Å². The highest BCUT2D eigenvalue weighted by Gasteiger charge is 2.28. The molecule has 0 aliphatic carbocycles. The summed E-state index contributed by atoms with van der Waals surface area (Å²) in [6.07, 6.45) is 1.07. The van der Waals surface area contributed by atoms with Gasteiger partial charge in [0, 0.05) is 23.1 Å². The first-order chi connectivity index (χ1) is 12.5. The summed E-state index contributed by atoms with van der Waals surface area (Å²) in [7, 11) is 1.74. The topological polar surface area (TPSA) is 37.0 Å². The van der Waals surface area contributed by atoms with Crippen molar-refractivity contribution in [2.24, 2.45) is 0 Å². The largest absolute Gasteiger partial charge is 0.497 e. The van der Waals surface area contributed by atoms with Gasteiger partial charge in [-0.3, -0.25) is 0 Å². The molecule has 26 heavy (non-hydrogen) atoms. The quantitative estimate of drug-likeness (QED) is 0.687. The summed E-state index contributed by atoms with van der Waals surface area (Å²) in [5.74, 6) is 1.37. The van der Waals surface area contributed by atoms with Gasteiger partial charge < -0.3 is 15.0 Å². The SMILES string of the molecule is COc1ccc(C2NCCc3c2[nH]c2c(C)cc(C)cc32)c(C(C)C)c1. The molecule has 4 rings (SSSR count). The van der Waals surface area contributed by atoms with Crippen molar-refractivity contribution >= 4 is 10.9 Å². The lowest BCUT2D eigenvalue weighted by atomic mass is 9.87. The van der Waals surface area contributed by atoms with Gasteiger partial charge in [0.15, 0.2) is 0 Å². The number of hydrogen-bond donors (Lipinski definition) is 2. The van der Waals surface area contributed by atoms with Gasteiger partial charge in [0.2, 0.25) is 0 Å². The number of hydrogen-bond acceptors (Lipinski definition) is 2. The minimum absolute atomic E-state index is 0.203. The summed E-state index contributed by atoms with van der Waals surface area (Å²) in [4.78, 5) is 3.76. The van der Waals surface area contributed by atoms with E-state index in [2.05, 4.69) is 68.3 Å². The molecule has 3 nitrogen and oxygen atoms in total. The van der Waals surface area contributed by atoms with Crippen LogP contribution in [0.15, 0.2) is 30.3 Å². The highest BCUT2D eigenvalue weighted by molar-refractivity contribution is 5.88. The van der Waals surface area contributed by atoms with Crippen molar-refractivity contribution in [3.8, 4) is 5.75 Å². The fourth-order valence-corrected chi connectivity index (χ4v) is 4.39. The maximum atomic E-state index is 5.47. The Bertz CT molecular complexity index is 968. The van der Waals surface area contributed by atoms with E-state index in [1.165, 1.54) is 44.4 Å². The molecule has 0 spiro atoms. The maximum absolute atomic E-state index is 5.47. The molecule has 0 fully saturated rings. The molecule has 1 aromatic heterocycles. The van der Waals surface area contributed by atoms with Crippen molar-refractivity contribution < 1.29 is 4.74 Å². The lowest BCUT2D eigenvalue weighted by molar-refractivity contribution is 0.413. The number of rotatable bonds is 3. The Labute approximate surface area is 155 Å². The molecule has 2 heterocycles. The van der Waals surface area contributed by atoms with Crippen LogP contribution in [-0.2, 0) is 6.42 Å². The number of aryl methyl sites for hydroxylation is 2. The van der Waals surface area contributed by atoms with Crippen molar-refractivity contribution in [1.29, 1.82) is 0 Å². The minimum Gasteiger partial charge on any atom is -0.497 e. The lowest BCUT2D eigenvalue weighted by Crippen LogP contribution is -2.31. The zero-order chi connectivity index (χ0) is 18.4. The van der Waals surface area contributed by atoms with Crippen molar-refractivity contribution in [1.82, 2.24) is 10.3 Å². The summed E-state index contributed by atoms with van der Waals surface area (Å²) in [5.41, 5.74) is 9.44. The van der Waals surface area contributed by atoms with E-state index in [9.17, 15) is 0 Å². The van der Waals surface area contributed by atoms with Gasteiger partial charge >= 0.3 is 0 Å². The lowest BCUT2D eigenvalue weighted by Gasteiger charge is -2.28. The fraction of sp³-hybridized carbons (Fsp3) is 0.391. The Morgan fingerprint density at radius 3 is 2.65 bits per heavy atom. The third kappa shape index (κ3) is 2.71. The molecule has 0 saturated carbocycles. The van der Waals surface area contributed by atoms with Crippen LogP contribution in [-0.4, -0.2) is 18.6 Å². The number of H-pyrrole nitrogens is 1. The predicted octanol–water partition coefficient (Wildman–Crippen LogP) is 5.15. The van der Waals surface area contributed by atoms with E-state index in [1.807, 2.05) is 0 Å². The first-order valence-corrected chi connectivity index (χ1v) is 9.52. The minimum atomic E-state index is 0.203. The van der Waals surface area contributed by atoms with Crippen LogP contribution in [0.25, 0.3) is 10.9 Å². The van der Waals surface area contributed by atoms with Gasteiger partial charge in [-0.1, -0.05) is 31.5 Å². The van der Waals surface area contributed by atoms with Gasteiger partial charge in [-0.05, 0) is 66.6 Å². The summed E-state index contributed by atoms with van der Waals surface area (Å²) >= 11 is 0. The molecule has 0 saturated heterocycles. The van der Waals surface area contributed by atoms with Crippen LogP contribution in [0.4, 0.5) is 0 Å². The molecule has 0 bridgehead atoms. The first kappa shape index (κ1) is 17.2. The number of benzene rings is 2. The van der Waals surface area contributed by atoms with Gasteiger partial charge in [-0.2, -0.15) is 0 Å². The molecular weight excluding hydrogens is 320 g/mol. The highest BCUT2D eigenvalue weighted by Crippen LogP contribution is 2.38. The molecule has 3 heteroatoms. The van der Waals surface area contributed by atoms with Gasteiger partial charge in [-0.25, -0.2) is 0 Å². The van der Waals surface area contributed by atoms with E-state index in [0.29, 0.717) is 5.92 Å². The molecule has 0 amide bonds. The Morgan fingerprint density at radius 1 is 1.12 bits per heavy atom. The van der Waals surface area contributed by atoms with E-state index in [-0.39, 0.29) is 6.04 Å². The third-order valence-electron chi connectivity index (χ3n) is 5.63. The predicted molar refractivity (Wildman–Crippen MR) is 108 cm³/mol. The van der Waals surface area contributed by atoms with Crippen LogP contribution < -0.4 is 10.1 Å². The molecule has 1 atom stereocenters. The monoisotopic (exact) mass is 348 g/mol. The number of nitrogens with one attached hydrogen (secondary N) is 2. The van der Waals surface area contributed by atoms with Crippen LogP contribution in [0.5, 0.6) is 5.75 Å². The summed E-state index contributed by atoms with van der Waals surface area (Å²) in [6.45, 7) is 9.89. The summed E-state index contributed by atoms with van der Waals surface area (Å²) in [5, 5.41) is 5.14. The number of aromatic nitrogens is 1. The Morgan fingerprint density at radius 2 is 1.92 bits per heavy atom. The zero-order valence-corrected chi connectivity index (χ0v) is 16.4. The van der Waals surface area contributed by atoms with E-state index in [1.54, 1.807) is 7.11 Å². The van der Waals surface area contributed by atoms with Gasteiger partial charge in [0.25, 0.3) is 0 Å². The van der Waals surface area contributed by atoms with Crippen molar-refractivity contribution in [3.05, 3.63) is 63.8 Å². The standard InChI is InChI=1S/C23H28N2O/c1-13(2)19-12-16(26-5)6-7-17(19)22-23-18(8-9-24-22)20-11-14(3)10-15(4)21(20)25-23/h6-7,10-13,22,24-25H,8-9H2,1-5H3. The second-order valence-corrected chi connectivity index (χ2v) is 7.81. The molecule has 2 N–H and O–H groups in total. The molecule has 136 valence electrons. The first-order valence-electron chi connectivity index (χ1n) is 9.52. The smallest absolute Gasteiger partial charge is 0.119 e. The molecular formula is C23H28N2O. The highest BCUT2D eigenvalue weighted by atomic mass is 16.5. The maximum Gasteiger partial charge on any atom is 0.119 e.